The summed E-state index contributed by atoms with van der Waals surface area (Å²) in [5, 5.41) is 3.63. The number of amides is 1. The maximum Gasteiger partial charge on any atom is 0.230 e. The molecule has 2 rings (SSSR count). The number of benzene rings is 1. The molecular weight excluding hydrogens is 234 g/mol. The Balaban J connectivity index is 1.97. The molecule has 0 atom stereocenters. The molecule has 0 saturated heterocycles. The van der Waals surface area contributed by atoms with Gasteiger partial charge < -0.3 is 10.3 Å². The molecule has 0 unspecified atom stereocenters. The van der Waals surface area contributed by atoms with Crippen molar-refractivity contribution < 1.29 is 4.79 Å². The van der Waals surface area contributed by atoms with Crippen LogP contribution in [0.15, 0.2) is 29.4 Å². The minimum atomic E-state index is 0.0328. The van der Waals surface area contributed by atoms with Gasteiger partial charge in [-0.3, -0.25) is 4.79 Å². The Morgan fingerprint density at radius 1 is 1.47 bits per heavy atom. The van der Waals surface area contributed by atoms with Crippen molar-refractivity contribution in [2.24, 2.45) is 0 Å². The lowest BCUT2D eigenvalue weighted by atomic mass is 10.3. The lowest BCUT2D eigenvalue weighted by Gasteiger charge is -2.06. The van der Waals surface area contributed by atoms with Gasteiger partial charge in [0.2, 0.25) is 5.91 Å². The first-order chi connectivity index (χ1) is 8.15. The van der Waals surface area contributed by atoms with Crippen molar-refractivity contribution in [2.45, 2.75) is 25.0 Å². The number of aromatic amines is 1. The van der Waals surface area contributed by atoms with E-state index in [9.17, 15) is 4.79 Å². The predicted octanol–water partition coefficient (Wildman–Crippen LogP) is 2.18. The average Bonchev–Trinajstić information content (AvgIpc) is 2.68. The van der Waals surface area contributed by atoms with Crippen molar-refractivity contribution in [3.8, 4) is 0 Å². The number of hydrogen-bond donors (Lipinski definition) is 2. The average molecular weight is 249 g/mol. The zero-order valence-corrected chi connectivity index (χ0v) is 10.7. The van der Waals surface area contributed by atoms with Gasteiger partial charge in [0.1, 0.15) is 0 Å². The van der Waals surface area contributed by atoms with Crippen molar-refractivity contribution in [3.63, 3.8) is 0 Å². The Morgan fingerprint density at radius 3 is 2.94 bits per heavy atom. The second kappa shape index (κ2) is 5.23. The van der Waals surface area contributed by atoms with Gasteiger partial charge in [-0.1, -0.05) is 23.9 Å². The summed E-state index contributed by atoms with van der Waals surface area (Å²) in [6.07, 6.45) is 0. The minimum absolute atomic E-state index is 0.0328. The van der Waals surface area contributed by atoms with Crippen LogP contribution < -0.4 is 5.32 Å². The Bertz CT molecular complexity index is 488. The van der Waals surface area contributed by atoms with E-state index in [0.29, 0.717) is 5.75 Å². The molecule has 0 aliphatic heterocycles. The van der Waals surface area contributed by atoms with Gasteiger partial charge in [0.15, 0.2) is 5.16 Å². The van der Waals surface area contributed by atoms with Crippen LogP contribution in [0.4, 0.5) is 0 Å². The number of rotatable bonds is 4. The molecule has 2 aromatic rings. The van der Waals surface area contributed by atoms with Gasteiger partial charge in [-0.05, 0) is 26.0 Å². The minimum Gasteiger partial charge on any atom is -0.353 e. The van der Waals surface area contributed by atoms with E-state index in [4.69, 9.17) is 0 Å². The van der Waals surface area contributed by atoms with Crippen LogP contribution >= 0.6 is 11.8 Å². The molecule has 0 radical (unpaired) electrons. The SMILES string of the molecule is CC(C)NC(=O)CSc1nc2ccccc2[nH]1. The number of hydrogen-bond acceptors (Lipinski definition) is 3. The number of para-hydroxylation sites is 2. The molecule has 0 bridgehead atoms. The molecule has 0 spiro atoms. The first kappa shape index (κ1) is 12.0. The Labute approximate surface area is 104 Å². The monoisotopic (exact) mass is 249 g/mol. The highest BCUT2D eigenvalue weighted by Crippen LogP contribution is 2.18. The summed E-state index contributed by atoms with van der Waals surface area (Å²) in [6.45, 7) is 3.90. The predicted molar refractivity (Wildman–Crippen MR) is 70.1 cm³/mol. The van der Waals surface area contributed by atoms with E-state index in [0.717, 1.165) is 16.2 Å². The van der Waals surface area contributed by atoms with Crippen LogP contribution in [-0.2, 0) is 4.79 Å². The fourth-order valence-corrected chi connectivity index (χ4v) is 2.19. The number of carbonyl (C=O) groups is 1. The zero-order valence-electron chi connectivity index (χ0n) is 9.86. The van der Waals surface area contributed by atoms with Gasteiger partial charge in [0.25, 0.3) is 0 Å². The number of fused-ring (bicyclic) bond motifs is 1. The normalized spacial score (nSPS) is 11.0. The number of nitrogens with zero attached hydrogens (tertiary/aromatic N) is 1. The van der Waals surface area contributed by atoms with E-state index in [1.807, 2.05) is 38.1 Å². The summed E-state index contributed by atoms with van der Waals surface area (Å²) < 4.78 is 0. The van der Waals surface area contributed by atoms with Crippen molar-refractivity contribution in [2.75, 3.05) is 5.75 Å². The van der Waals surface area contributed by atoms with Crippen LogP contribution in [0.5, 0.6) is 0 Å². The van der Waals surface area contributed by atoms with E-state index >= 15 is 0 Å². The lowest BCUT2D eigenvalue weighted by Crippen LogP contribution is -2.31. The lowest BCUT2D eigenvalue weighted by molar-refractivity contribution is -0.119. The van der Waals surface area contributed by atoms with E-state index < -0.39 is 0 Å². The topological polar surface area (TPSA) is 57.8 Å². The maximum absolute atomic E-state index is 11.5. The number of imidazole rings is 1. The summed E-state index contributed by atoms with van der Waals surface area (Å²) in [5.74, 6) is 0.420. The van der Waals surface area contributed by atoms with Crippen LogP contribution in [0.1, 0.15) is 13.8 Å². The quantitative estimate of drug-likeness (QED) is 0.817. The molecule has 0 saturated carbocycles. The standard InChI is InChI=1S/C12H15N3OS/c1-8(2)13-11(16)7-17-12-14-9-5-3-4-6-10(9)15-12/h3-6,8H,7H2,1-2H3,(H,13,16)(H,14,15). The Hall–Kier alpha value is -1.49. The molecule has 1 heterocycles. The van der Waals surface area contributed by atoms with E-state index in [1.165, 1.54) is 11.8 Å². The van der Waals surface area contributed by atoms with Gasteiger partial charge in [-0.2, -0.15) is 0 Å². The fourth-order valence-electron chi connectivity index (χ4n) is 1.50. The molecule has 0 aliphatic carbocycles. The second-order valence-electron chi connectivity index (χ2n) is 4.07. The van der Waals surface area contributed by atoms with Crippen LogP contribution in [-0.4, -0.2) is 27.7 Å². The Kier molecular flexibility index (Phi) is 3.68. The third-order valence-corrected chi connectivity index (χ3v) is 3.03. The summed E-state index contributed by atoms with van der Waals surface area (Å²) in [6, 6.07) is 8.01. The van der Waals surface area contributed by atoms with Crippen molar-refractivity contribution in [1.29, 1.82) is 0 Å². The van der Waals surface area contributed by atoms with Gasteiger partial charge in [-0.25, -0.2) is 4.98 Å². The first-order valence-corrected chi connectivity index (χ1v) is 6.50. The Morgan fingerprint density at radius 2 is 2.24 bits per heavy atom. The zero-order chi connectivity index (χ0) is 12.3. The molecule has 5 heteroatoms. The molecule has 1 aromatic carbocycles. The maximum atomic E-state index is 11.5. The third-order valence-electron chi connectivity index (χ3n) is 2.16. The molecule has 0 aliphatic rings. The number of aromatic nitrogens is 2. The number of nitrogens with one attached hydrogen (secondary N) is 2. The van der Waals surface area contributed by atoms with Crippen LogP contribution in [0, 0.1) is 0 Å². The molecule has 0 fully saturated rings. The van der Waals surface area contributed by atoms with Gasteiger partial charge in [-0.15, -0.1) is 0 Å². The summed E-state index contributed by atoms with van der Waals surface area (Å²) >= 11 is 1.42. The van der Waals surface area contributed by atoms with Crippen molar-refractivity contribution in [1.82, 2.24) is 15.3 Å². The largest absolute Gasteiger partial charge is 0.353 e. The van der Waals surface area contributed by atoms with E-state index in [2.05, 4.69) is 15.3 Å². The van der Waals surface area contributed by atoms with Gasteiger partial charge >= 0.3 is 0 Å². The van der Waals surface area contributed by atoms with Crippen molar-refractivity contribution in [3.05, 3.63) is 24.3 Å². The van der Waals surface area contributed by atoms with Crippen LogP contribution in [0.25, 0.3) is 11.0 Å². The molecule has 1 aromatic heterocycles. The number of H-pyrrole nitrogens is 1. The highest BCUT2D eigenvalue weighted by molar-refractivity contribution is 7.99. The second-order valence-corrected chi connectivity index (χ2v) is 5.03. The molecule has 90 valence electrons. The first-order valence-electron chi connectivity index (χ1n) is 5.52. The van der Waals surface area contributed by atoms with E-state index in [1.54, 1.807) is 0 Å². The molecule has 2 N–H and O–H groups in total. The number of thioether (sulfide) groups is 1. The van der Waals surface area contributed by atoms with Crippen LogP contribution in [0.2, 0.25) is 0 Å². The summed E-state index contributed by atoms with van der Waals surface area (Å²) in [7, 11) is 0. The molecular formula is C12H15N3OS. The van der Waals surface area contributed by atoms with Crippen molar-refractivity contribution >= 4 is 28.7 Å². The highest BCUT2D eigenvalue weighted by Gasteiger charge is 2.07. The van der Waals surface area contributed by atoms with Crippen LogP contribution in [0.3, 0.4) is 0 Å². The fraction of sp³-hybridized carbons (Fsp3) is 0.333. The van der Waals surface area contributed by atoms with Gasteiger partial charge in [0, 0.05) is 6.04 Å². The molecule has 1 amide bonds. The molecule has 17 heavy (non-hydrogen) atoms. The smallest absolute Gasteiger partial charge is 0.230 e. The van der Waals surface area contributed by atoms with E-state index in [-0.39, 0.29) is 11.9 Å². The summed E-state index contributed by atoms with van der Waals surface area (Å²) in [5.41, 5.74) is 1.93. The van der Waals surface area contributed by atoms with Gasteiger partial charge in [0.05, 0.1) is 16.8 Å². The molecule has 4 nitrogen and oxygen atoms in total. The third kappa shape index (κ3) is 3.23. The summed E-state index contributed by atoms with van der Waals surface area (Å²) in [4.78, 5) is 19.0. The highest BCUT2D eigenvalue weighted by atomic mass is 32.2. The number of carbonyl (C=O) groups excluding carboxylic acids is 1.